The molecule has 1 atom stereocenters. The molecule has 0 bridgehead atoms. The summed E-state index contributed by atoms with van der Waals surface area (Å²) in [6.07, 6.45) is -1.91. The summed E-state index contributed by atoms with van der Waals surface area (Å²) < 4.78 is 0. The zero-order chi connectivity index (χ0) is 5.15. The molecule has 0 radical (unpaired) electrons. The van der Waals surface area contributed by atoms with Crippen molar-refractivity contribution in [1.29, 1.82) is 0 Å². The molecule has 0 amide bonds. The van der Waals surface area contributed by atoms with Crippen molar-refractivity contribution in [2.75, 3.05) is 0 Å². The zero-order valence-corrected chi connectivity index (χ0v) is 3.33. The lowest BCUT2D eigenvalue weighted by Crippen LogP contribution is -2.47. The first kappa shape index (κ1) is 5.84. The summed E-state index contributed by atoms with van der Waals surface area (Å²) in [5, 5.41) is 8.16. The largest absolute Gasteiger partial charge is 0.376 e. The lowest BCUT2D eigenvalue weighted by molar-refractivity contribution is 0.154. The van der Waals surface area contributed by atoms with Gasteiger partial charge in [-0.05, 0) is 0 Å². The van der Waals surface area contributed by atoms with Gasteiger partial charge >= 0.3 is 0 Å². The van der Waals surface area contributed by atoms with E-state index >= 15 is 0 Å². The topological polar surface area (TPSA) is 98.3 Å². The third-order valence-electron chi connectivity index (χ3n) is 0.394. The Morgan fingerprint density at radius 1 is 1.17 bits per heavy atom. The Morgan fingerprint density at radius 2 is 1.33 bits per heavy atom. The van der Waals surface area contributed by atoms with E-state index in [1.165, 1.54) is 0 Å². The fraction of sp³-hybridized carbons (Fsp3) is 1.00. The second kappa shape index (κ2) is 2.09. The Morgan fingerprint density at radius 3 is 1.33 bits per heavy atom. The van der Waals surface area contributed by atoms with Crippen LogP contribution in [0, 0.1) is 0 Å². The van der Waals surface area contributed by atoms with Gasteiger partial charge < -0.3 is 22.3 Å². The Balaban J connectivity index is 2.99. The average Bonchev–Trinajstić information content (AvgIpc) is 1.36. The maximum Gasteiger partial charge on any atom is 0.130 e. The summed E-state index contributed by atoms with van der Waals surface area (Å²) in [6, 6.07) is 0. The van der Waals surface area contributed by atoms with Crippen LogP contribution in [0.1, 0.15) is 0 Å². The Labute approximate surface area is 35.9 Å². The molecule has 0 fully saturated rings. The molecule has 38 valence electrons. The minimum Gasteiger partial charge on any atom is -0.376 e. The number of rotatable bonds is 1. The average molecular weight is 91.1 g/mol. The first-order valence-corrected chi connectivity index (χ1v) is 1.59. The number of nitrogens with two attached hydrogens (primary N) is 3. The van der Waals surface area contributed by atoms with Crippen LogP contribution >= 0.6 is 0 Å². The van der Waals surface area contributed by atoms with Gasteiger partial charge in [0.25, 0.3) is 0 Å². The molecule has 0 aromatic heterocycles. The standard InChI is InChI=1S/C2H9N3O/c3-1(4)2(5)6/h1-2,6H,3-5H2. The molecule has 0 rings (SSSR count). The Kier molecular flexibility index (Phi) is 2.04. The fourth-order valence-electron chi connectivity index (χ4n) is 0. The van der Waals surface area contributed by atoms with E-state index in [0.29, 0.717) is 0 Å². The maximum atomic E-state index is 8.16. The summed E-state index contributed by atoms with van der Waals surface area (Å²) in [5.41, 5.74) is 14.4. The van der Waals surface area contributed by atoms with E-state index < -0.39 is 12.4 Å². The Hall–Kier alpha value is -0.160. The zero-order valence-electron chi connectivity index (χ0n) is 3.33. The van der Waals surface area contributed by atoms with Gasteiger partial charge in [0.2, 0.25) is 0 Å². The molecule has 0 saturated carbocycles. The van der Waals surface area contributed by atoms with Crippen LogP contribution in [0.4, 0.5) is 0 Å². The minimum atomic E-state index is -1.09. The van der Waals surface area contributed by atoms with Crippen molar-refractivity contribution in [3.8, 4) is 0 Å². The van der Waals surface area contributed by atoms with Crippen molar-refractivity contribution in [3.63, 3.8) is 0 Å². The summed E-state index contributed by atoms with van der Waals surface area (Å²) in [7, 11) is 0. The van der Waals surface area contributed by atoms with Gasteiger partial charge in [0.15, 0.2) is 0 Å². The van der Waals surface area contributed by atoms with Crippen LogP contribution in [0.3, 0.4) is 0 Å². The van der Waals surface area contributed by atoms with Crippen molar-refractivity contribution in [3.05, 3.63) is 0 Å². The molecular formula is C2H9N3O. The predicted molar refractivity (Wildman–Crippen MR) is 22.4 cm³/mol. The second-order valence-electron chi connectivity index (χ2n) is 1.07. The van der Waals surface area contributed by atoms with E-state index in [-0.39, 0.29) is 0 Å². The molecule has 7 N–H and O–H groups in total. The van der Waals surface area contributed by atoms with Gasteiger partial charge in [-0.25, -0.2) is 0 Å². The van der Waals surface area contributed by atoms with E-state index in [9.17, 15) is 0 Å². The van der Waals surface area contributed by atoms with Gasteiger partial charge in [0.05, 0.1) is 6.17 Å². The molecule has 0 aliphatic heterocycles. The lowest BCUT2D eigenvalue weighted by Gasteiger charge is -2.05. The molecule has 6 heavy (non-hydrogen) atoms. The Bertz CT molecular complexity index is 29.8. The van der Waals surface area contributed by atoms with Crippen LogP contribution in [-0.4, -0.2) is 17.5 Å². The number of hydrogen-bond donors (Lipinski definition) is 4. The highest BCUT2D eigenvalue weighted by Crippen LogP contribution is 1.63. The summed E-state index contributed by atoms with van der Waals surface area (Å²) in [6.45, 7) is 0. The number of hydrogen-bond acceptors (Lipinski definition) is 4. The van der Waals surface area contributed by atoms with Crippen molar-refractivity contribution < 1.29 is 5.11 Å². The van der Waals surface area contributed by atoms with E-state index in [1.54, 1.807) is 0 Å². The molecule has 4 heteroatoms. The van der Waals surface area contributed by atoms with Gasteiger partial charge in [-0.2, -0.15) is 0 Å². The molecule has 4 nitrogen and oxygen atoms in total. The van der Waals surface area contributed by atoms with Crippen LogP contribution < -0.4 is 17.2 Å². The van der Waals surface area contributed by atoms with E-state index in [4.69, 9.17) is 22.3 Å². The van der Waals surface area contributed by atoms with Crippen LogP contribution in [0.2, 0.25) is 0 Å². The molecule has 0 aromatic rings. The minimum absolute atomic E-state index is 0.815. The van der Waals surface area contributed by atoms with Crippen LogP contribution in [0.15, 0.2) is 0 Å². The summed E-state index contributed by atoms with van der Waals surface area (Å²) in [4.78, 5) is 0. The number of aliphatic hydroxyl groups excluding tert-OH is 1. The highest BCUT2D eigenvalue weighted by Gasteiger charge is 1.98. The monoisotopic (exact) mass is 91.1 g/mol. The first-order chi connectivity index (χ1) is 2.64. The molecule has 0 aliphatic carbocycles. The smallest absolute Gasteiger partial charge is 0.130 e. The van der Waals surface area contributed by atoms with Gasteiger partial charge in [-0.1, -0.05) is 0 Å². The molecule has 0 heterocycles. The van der Waals surface area contributed by atoms with Gasteiger partial charge in [0, 0.05) is 0 Å². The molecule has 0 aliphatic rings. The second-order valence-corrected chi connectivity index (χ2v) is 1.07. The van der Waals surface area contributed by atoms with Crippen molar-refractivity contribution >= 4 is 0 Å². The summed E-state index contributed by atoms with van der Waals surface area (Å²) in [5.74, 6) is 0. The van der Waals surface area contributed by atoms with Gasteiger partial charge in [-0.3, -0.25) is 0 Å². The maximum absolute atomic E-state index is 8.16. The molecule has 0 spiro atoms. The van der Waals surface area contributed by atoms with E-state index in [1.807, 2.05) is 0 Å². The van der Waals surface area contributed by atoms with Crippen LogP contribution in [-0.2, 0) is 0 Å². The number of aliphatic hydroxyl groups is 1. The summed E-state index contributed by atoms with van der Waals surface area (Å²) >= 11 is 0. The normalized spacial score (nSPS) is 15.5. The van der Waals surface area contributed by atoms with Crippen molar-refractivity contribution in [2.45, 2.75) is 12.4 Å². The highest BCUT2D eigenvalue weighted by molar-refractivity contribution is 4.53. The highest BCUT2D eigenvalue weighted by atomic mass is 16.3. The van der Waals surface area contributed by atoms with Crippen molar-refractivity contribution in [1.82, 2.24) is 0 Å². The van der Waals surface area contributed by atoms with Crippen LogP contribution in [0.5, 0.6) is 0 Å². The van der Waals surface area contributed by atoms with E-state index in [0.717, 1.165) is 0 Å². The first-order valence-electron chi connectivity index (χ1n) is 1.59. The third kappa shape index (κ3) is 2.10. The van der Waals surface area contributed by atoms with Gasteiger partial charge in [0.1, 0.15) is 6.23 Å². The third-order valence-corrected chi connectivity index (χ3v) is 0.394. The molecule has 0 saturated heterocycles. The predicted octanol–water partition coefficient (Wildman–Crippen LogP) is -2.49. The van der Waals surface area contributed by atoms with E-state index in [2.05, 4.69) is 0 Å². The molecule has 1 unspecified atom stereocenters. The molecule has 0 aromatic carbocycles. The van der Waals surface area contributed by atoms with Gasteiger partial charge in [-0.15, -0.1) is 0 Å². The SMILES string of the molecule is NC(N)C(N)O. The van der Waals surface area contributed by atoms with Crippen molar-refractivity contribution in [2.24, 2.45) is 17.2 Å². The lowest BCUT2D eigenvalue weighted by atomic mass is 10.5. The fourth-order valence-corrected chi connectivity index (χ4v) is 0. The quantitative estimate of drug-likeness (QED) is 0.268. The van der Waals surface area contributed by atoms with Crippen LogP contribution in [0.25, 0.3) is 0 Å². The molecular weight excluding hydrogens is 82.0 g/mol.